The van der Waals surface area contributed by atoms with E-state index in [-0.39, 0.29) is 17.2 Å². The molecule has 1 atom stereocenters. The van der Waals surface area contributed by atoms with E-state index in [9.17, 15) is 14.9 Å². The summed E-state index contributed by atoms with van der Waals surface area (Å²) in [5, 5.41) is 14.2. The second-order valence-corrected chi connectivity index (χ2v) is 5.25. The third-order valence-electron chi connectivity index (χ3n) is 3.60. The zero-order chi connectivity index (χ0) is 15.5. The number of primary amides is 1. The molecule has 0 aromatic heterocycles. The highest BCUT2D eigenvalue weighted by atomic mass is 16.6. The monoisotopic (exact) mass is 280 g/mol. The number of carbonyl (C=O) groups is 1. The first-order chi connectivity index (χ1) is 9.21. The summed E-state index contributed by atoms with van der Waals surface area (Å²) < 4.78 is 0. The van der Waals surface area contributed by atoms with Crippen LogP contribution in [0.3, 0.4) is 0 Å². The Morgan fingerprint density at radius 2 is 2.10 bits per heavy atom. The van der Waals surface area contributed by atoms with Crippen molar-refractivity contribution in [2.75, 3.05) is 11.9 Å². The first kappa shape index (κ1) is 15.9. The Hall–Kier alpha value is -2.15. The minimum absolute atomic E-state index is 0.0984. The molecule has 0 saturated carbocycles. The molecule has 20 heavy (non-hydrogen) atoms. The van der Waals surface area contributed by atoms with E-state index < -0.39 is 16.4 Å². The lowest BCUT2D eigenvalue weighted by atomic mass is 9.88. The van der Waals surface area contributed by atoms with Crippen molar-refractivity contribution in [3.63, 3.8) is 0 Å². The van der Waals surface area contributed by atoms with E-state index >= 15 is 0 Å². The minimum Gasteiger partial charge on any atom is -0.373 e. The van der Waals surface area contributed by atoms with Crippen molar-refractivity contribution in [2.45, 2.75) is 26.3 Å². The summed E-state index contributed by atoms with van der Waals surface area (Å²) in [4.78, 5) is 21.7. The maximum Gasteiger partial charge on any atom is 0.293 e. The fourth-order valence-electron chi connectivity index (χ4n) is 1.68. The van der Waals surface area contributed by atoms with E-state index in [4.69, 9.17) is 11.5 Å². The third kappa shape index (κ3) is 3.24. The van der Waals surface area contributed by atoms with Crippen molar-refractivity contribution >= 4 is 17.3 Å². The average Bonchev–Trinajstić information content (AvgIpc) is 2.38. The van der Waals surface area contributed by atoms with Gasteiger partial charge in [0.1, 0.15) is 5.69 Å². The SMILES string of the molecule is CC(C)C(C)(CN)Nc1ccc(C(N)=O)cc1[N+](=O)[O-]. The summed E-state index contributed by atoms with van der Waals surface area (Å²) in [6.07, 6.45) is 0. The van der Waals surface area contributed by atoms with Crippen molar-refractivity contribution in [3.8, 4) is 0 Å². The largest absolute Gasteiger partial charge is 0.373 e. The normalized spacial score (nSPS) is 13.8. The zero-order valence-corrected chi connectivity index (χ0v) is 11.8. The maximum atomic E-state index is 11.1. The van der Waals surface area contributed by atoms with Crippen LogP contribution in [0.5, 0.6) is 0 Å². The molecule has 1 amide bonds. The molecule has 110 valence electrons. The highest BCUT2D eigenvalue weighted by Gasteiger charge is 2.29. The maximum absolute atomic E-state index is 11.1. The van der Waals surface area contributed by atoms with Crippen LogP contribution in [-0.2, 0) is 0 Å². The van der Waals surface area contributed by atoms with Gasteiger partial charge in [-0.15, -0.1) is 0 Å². The molecule has 7 heteroatoms. The van der Waals surface area contributed by atoms with Gasteiger partial charge in [-0.3, -0.25) is 14.9 Å². The molecular formula is C13H20N4O3. The molecule has 0 radical (unpaired) electrons. The van der Waals surface area contributed by atoms with Gasteiger partial charge in [0.05, 0.1) is 4.92 Å². The highest BCUT2D eigenvalue weighted by molar-refractivity contribution is 5.94. The summed E-state index contributed by atoms with van der Waals surface area (Å²) in [6, 6.07) is 4.10. The number of nitro groups is 1. The van der Waals surface area contributed by atoms with Crippen molar-refractivity contribution in [1.29, 1.82) is 0 Å². The van der Waals surface area contributed by atoms with Gasteiger partial charge >= 0.3 is 0 Å². The molecule has 5 N–H and O–H groups in total. The molecule has 1 aromatic carbocycles. The van der Waals surface area contributed by atoms with Crippen LogP contribution in [-0.4, -0.2) is 22.9 Å². The fourth-order valence-corrected chi connectivity index (χ4v) is 1.68. The van der Waals surface area contributed by atoms with Gasteiger partial charge in [0.15, 0.2) is 0 Å². The van der Waals surface area contributed by atoms with Crippen LogP contribution in [0.25, 0.3) is 0 Å². The molecule has 0 spiro atoms. The van der Waals surface area contributed by atoms with Gasteiger partial charge in [0.25, 0.3) is 5.69 Å². The van der Waals surface area contributed by atoms with Crippen LogP contribution in [0.2, 0.25) is 0 Å². The molecule has 0 fully saturated rings. The molecule has 0 aliphatic rings. The van der Waals surface area contributed by atoms with E-state index in [1.807, 2.05) is 20.8 Å². The Balaban J connectivity index is 3.25. The Morgan fingerprint density at radius 1 is 1.50 bits per heavy atom. The molecule has 0 heterocycles. The number of anilines is 1. The number of nitrogens with zero attached hydrogens (tertiary/aromatic N) is 1. The molecular weight excluding hydrogens is 260 g/mol. The van der Waals surface area contributed by atoms with Crippen molar-refractivity contribution in [2.24, 2.45) is 17.4 Å². The molecule has 7 nitrogen and oxygen atoms in total. The predicted octanol–water partition coefficient (Wildman–Crippen LogP) is 1.48. The molecule has 0 aliphatic carbocycles. The van der Waals surface area contributed by atoms with Crippen LogP contribution in [0.15, 0.2) is 18.2 Å². The molecule has 1 unspecified atom stereocenters. The highest BCUT2D eigenvalue weighted by Crippen LogP contribution is 2.30. The Kier molecular flexibility index (Phi) is 4.67. The summed E-state index contributed by atoms with van der Waals surface area (Å²) in [5.74, 6) is -0.534. The standard InChI is InChI=1S/C13H20N4O3/c1-8(2)13(3,7-14)16-10-5-4-9(12(15)18)6-11(10)17(19)20/h4-6,8,16H,7,14H2,1-3H3,(H2,15,18). The first-order valence-electron chi connectivity index (χ1n) is 6.27. The predicted molar refractivity (Wildman–Crippen MR) is 77.5 cm³/mol. The average molecular weight is 280 g/mol. The van der Waals surface area contributed by atoms with Gasteiger partial charge in [0, 0.05) is 23.7 Å². The molecule has 1 rings (SSSR count). The van der Waals surface area contributed by atoms with E-state index in [0.29, 0.717) is 12.2 Å². The number of carbonyl (C=O) groups excluding carboxylic acids is 1. The summed E-state index contributed by atoms with van der Waals surface area (Å²) >= 11 is 0. The van der Waals surface area contributed by atoms with Gasteiger partial charge in [0.2, 0.25) is 5.91 Å². The van der Waals surface area contributed by atoms with Gasteiger partial charge in [-0.2, -0.15) is 0 Å². The number of amides is 1. The topological polar surface area (TPSA) is 124 Å². The van der Waals surface area contributed by atoms with Crippen LogP contribution in [0, 0.1) is 16.0 Å². The van der Waals surface area contributed by atoms with E-state index in [1.165, 1.54) is 18.2 Å². The van der Waals surface area contributed by atoms with Gasteiger partial charge in [-0.05, 0) is 25.0 Å². The van der Waals surface area contributed by atoms with E-state index in [1.54, 1.807) is 0 Å². The first-order valence-corrected chi connectivity index (χ1v) is 6.27. The van der Waals surface area contributed by atoms with Gasteiger partial charge in [-0.25, -0.2) is 0 Å². The Bertz CT molecular complexity index is 530. The van der Waals surface area contributed by atoms with E-state index in [2.05, 4.69) is 5.32 Å². The van der Waals surface area contributed by atoms with Gasteiger partial charge in [-0.1, -0.05) is 13.8 Å². The van der Waals surface area contributed by atoms with Crippen molar-refractivity contribution in [1.82, 2.24) is 0 Å². The molecule has 1 aromatic rings. The van der Waals surface area contributed by atoms with Crippen LogP contribution < -0.4 is 16.8 Å². The Morgan fingerprint density at radius 3 is 2.50 bits per heavy atom. The van der Waals surface area contributed by atoms with Crippen LogP contribution in [0.4, 0.5) is 11.4 Å². The second-order valence-electron chi connectivity index (χ2n) is 5.25. The summed E-state index contributed by atoms with van der Waals surface area (Å²) in [5.41, 5.74) is 10.6. The lowest BCUT2D eigenvalue weighted by Crippen LogP contribution is -2.47. The number of rotatable bonds is 6. The lowest BCUT2D eigenvalue weighted by molar-refractivity contribution is -0.384. The van der Waals surface area contributed by atoms with Crippen LogP contribution >= 0.6 is 0 Å². The summed E-state index contributed by atoms with van der Waals surface area (Å²) in [7, 11) is 0. The lowest BCUT2D eigenvalue weighted by Gasteiger charge is -2.34. The Labute approximate surface area is 117 Å². The van der Waals surface area contributed by atoms with Gasteiger partial charge < -0.3 is 16.8 Å². The number of hydrogen-bond donors (Lipinski definition) is 3. The summed E-state index contributed by atoms with van der Waals surface area (Å²) in [6.45, 7) is 6.16. The minimum atomic E-state index is -0.704. The quantitative estimate of drug-likeness (QED) is 0.537. The zero-order valence-electron chi connectivity index (χ0n) is 11.8. The van der Waals surface area contributed by atoms with Crippen molar-refractivity contribution in [3.05, 3.63) is 33.9 Å². The fraction of sp³-hybridized carbons (Fsp3) is 0.462. The second kappa shape index (κ2) is 5.87. The van der Waals surface area contributed by atoms with Crippen molar-refractivity contribution < 1.29 is 9.72 Å². The number of nitrogens with two attached hydrogens (primary N) is 2. The molecule has 0 bridgehead atoms. The molecule has 0 aliphatic heterocycles. The number of benzene rings is 1. The molecule has 0 saturated heterocycles. The number of nitro benzene ring substituents is 1. The smallest absolute Gasteiger partial charge is 0.293 e. The van der Waals surface area contributed by atoms with E-state index in [0.717, 1.165) is 0 Å². The number of nitrogens with one attached hydrogen (secondary N) is 1. The number of hydrogen-bond acceptors (Lipinski definition) is 5. The third-order valence-corrected chi connectivity index (χ3v) is 3.60. The van der Waals surface area contributed by atoms with Crippen LogP contribution in [0.1, 0.15) is 31.1 Å².